The summed E-state index contributed by atoms with van der Waals surface area (Å²) in [5.41, 5.74) is 0. The topological polar surface area (TPSA) is 92.7 Å². The van der Waals surface area contributed by atoms with E-state index in [1.54, 1.807) is 0 Å². The summed E-state index contributed by atoms with van der Waals surface area (Å²) >= 11 is 0. The largest absolute Gasteiger partial charge is 0.481 e. The van der Waals surface area contributed by atoms with Gasteiger partial charge in [-0.2, -0.15) is 0 Å². The molecule has 7 heteroatoms. The average Bonchev–Trinajstić information content (AvgIpc) is 2.65. The molecule has 2 N–H and O–H groups in total. The summed E-state index contributed by atoms with van der Waals surface area (Å²) in [6, 6.07) is -0.458. The molecule has 0 aromatic carbocycles. The van der Waals surface area contributed by atoms with Crippen LogP contribution in [-0.4, -0.2) is 45.0 Å². The molecule has 0 spiro atoms. The van der Waals surface area contributed by atoms with E-state index in [1.807, 2.05) is 0 Å². The molecular weight excluding hydrogens is 246 g/mol. The molecule has 1 fully saturated rings. The number of nitrogens with one attached hydrogen (secondary N) is 1. The van der Waals surface area contributed by atoms with Gasteiger partial charge in [0.25, 0.3) is 0 Å². The Hall–Kier alpha value is -0.660. The van der Waals surface area contributed by atoms with Crippen molar-refractivity contribution < 1.29 is 23.1 Å². The lowest BCUT2D eigenvalue weighted by atomic mass is 10.1. The third-order valence-electron chi connectivity index (χ3n) is 2.93. The van der Waals surface area contributed by atoms with Gasteiger partial charge in [-0.3, -0.25) is 4.79 Å². The van der Waals surface area contributed by atoms with Crippen LogP contribution in [0.3, 0.4) is 0 Å². The van der Waals surface area contributed by atoms with Crippen molar-refractivity contribution in [2.24, 2.45) is 5.92 Å². The highest BCUT2D eigenvalue weighted by atomic mass is 32.2. The standard InChI is InChI=1S/C10H19NO5S/c1-16-6-3-7-17(14,15)11-9-5-2-4-8(9)10(12)13/h8-9,11H,2-7H2,1H3,(H,12,13). The van der Waals surface area contributed by atoms with Crippen molar-refractivity contribution >= 4 is 16.0 Å². The minimum absolute atomic E-state index is 0.0241. The summed E-state index contributed by atoms with van der Waals surface area (Å²) < 4.78 is 30.6. The molecule has 0 radical (unpaired) electrons. The summed E-state index contributed by atoms with van der Waals surface area (Å²) in [7, 11) is -1.89. The van der Waals surface area contributed by atoms with Crippen molar-refractivity contribution in [3.8, 4) is 0 Å². The number of carboxylic acid groups (broad SMARTS) is 1. The molecule has 0 saturated heterocycles. The van der Waals surface area contributed by atoms with Crippen LogP contribution in [0.25, 0.3) is 0 Å². The predicted octanol–water partition coefficient (Wildman–Crippen LogP) is 0.196. The average molecular weight is 265 g/mol. The van der Waals surface area contributed by atoms with Gasteiger partial charge in [0.15, 0.2) is 0 Å². The highest BCUT2D eigenvalue weighted by molar-refractivity contribution is 7.89. The van der Waals surface area contributed by atoms with Gasteiger partial charge in [0, 0.05) is 19.8 Å². The second kappa shape index (κ2) is 6.32. The number of methoxy groups -OCH3 is 1. The van der Waals surface area contributed by atoms with Crippen LogP contribution < -0.4 is 4.72 Å². The lowest BCUT2D eigenvalue weighted by Crippen LogP contribution is -2.41. The molecule has 1 aliphatic carbocycles. The van der Waals surface area contributed by atoms with E-state index in [4.69, 9.17) is 9.84 Å². The lowest BCUT2D eigenvalue weighted by molar-refractivity contribution is -0.141. The van der Waals surface area contributed by atoms with Gasteiger partial charge in [0.1, 0.15) is 0 Å². The van der Waals surface area contributed by atoms with Crippen molar-refractivity contribution in [1.82, 2.24) is 4.72 Å². The molecule has 0 aromatic rings. The fraction of sp³-hybridized carbons (Fsp3) is 0.900. The zero-order valence-electron chi connectivity index (χ0n) is 9.89. The maximum Gasteiger partial charge on any atom is 0.308 e. The predicted molar refractivity (Wildman–Crippen MR) is 62.2 cm³/mol. The van der Waals surface area contributed by atoms with Crippen LogP contribution in [-0.2, 0) is 19.6 Å². The molecular formula is C10H19NO5S. The fourth-order valence-electron chi connectivity index (χ4n) is 2.08. The molecule has 0 aliphatic heterocycles. The van der Waals surface area contributed by atoms with Gasteiger partial charge in [-0.1, -0.05) is 6.42 Å². The third-order valence-corrected chi connectivity index (χ3v) is 4.41. The Morgan fingerprint density at radius 1 is 1.47 bits per heavy atom. The van der Waals surface area contributed by atoms with Gasteiger partial charge in [-0.15, -0.1) is 0 Å². The highest BCUT2D eigenvalue weighted by Crippen LogP contribution is 2.26. The first-order valence-electron chi connectivity index (χ1n) is 5.68. The van der Waals surface area contributed by atoms with Crippen LogP contribution in [0.15, 0.2) is 0 Å². The first-order chi connectivity index (χ1) is 7.96. The van der Waals surface area contributed by atoms with Crippen molar-refractivity contribution in [3.05, 3.63) is 0 Å². The number of aliphatic carboxylic acids is 1. The molecule has 0 heterocycles. The minimum Gasteiger partial charge on any atom is -0.481 e. The maximum atomic E-state index is 11.7. The van der Waals surface area contributed by atoms with Crippen molar-refractivity contribution in [2.75, 3.05) is 19.5 Å². The number of sulfonamides is 1. The van der Waals surface area contributed by atoms with Crippen LogP contribution >= 0.6 is 0 Å². The Bertz CT molecular complexity index is 354. The molecule has 1 saturated carbocycles. The van der Waals surface area contributed by atoms with Crippen molar-refractivity contribution in [1.29, 1.82) is 0 Å². The zero-order chi connectivity index (χ0) is 12.9. The van der Waals surface area contributed by atoms with E-state index >= 15 is 0 Å². The van der Waals surface area contributed by atoms with Gasteiger partial charge in [-0.25, -0.2) is 13.1 Å². The Kier molecular flexibility index (Phi) is 5.35. The molecule has 0 bridgehead atoms. The fourth-order valence-corrected chi connectivity index (χ4v) is 3.44. The Balaban J connectivity index is 2.49. The number of hydrogen-bond donors (Lipinski definition) is 2. The van der Waals surface area contributed by atoms with Crippen LogP contribution in [0.1, 0.15) is 25.7 Å². The molecule has 1 rings (SSSR count). The zero-order valence-corrected chi connectivity index (χ0v) is 10.7. The van der Waals surface area contributed by atoms with Crippen LogP contribution in [0, 0.1) is 5.92 Å². The quantitative estimate of drug-likeness (QED) is 0.641. The molecule has 0 aromatic heterocycles. The highest BCUT2D eigenvalue weighted by Gasteiger charge is 2.35. The summed E-state index contributed by atoms with van der Waals surface area (Å²) in [4.78, 5) is 10.9. The van der Waals surface area contributed by atoms with Gasteiger partial charge in [-0.05, 0) is 19.3 Å². The SMILES string of the molecule is COCCCS(=O)(=O)NC1CCCC1C(=O)O. The maximum absolute atomic E-state index is 11.7. The van der Waals surface area contributed by atoms with E-state index < -0.39 is 28.0 Å². The molecule has 2 atom stereocenters. The Morgan fingerprint density at radius 2 is 2.18 bits per heavy atom. The van der Waals surface area contributed by atoms with Gasteiger partial charge in [0.05, 0.1) is 11.7 Å². The molecule has 0 amide bonds. The first-order valence-corrected chi connectivity index (χ1v) is 7.33. The summed E-state index contributed by atoms with van der Waals surface area (Å²) in [6.45, 7) is 0.383. The number of rotatable bonds is 7. The van der Waals surface area contributed by atoms with Crippen molar-refractivity contribution in [3.63, 3.8) is 0 Å². The monoisotopic (exact) mass is 265 g/mol. The number of hydrogen-bond acceptors (Lipinski definition) is 4. The van der Waals surface area contributed by atoms with E-state index in [0.29, 0.717) is 25.9 Å². The summed E-state index contributed by atoms with van der Waals surface area (Å²) in [5.74, 6) is -1.54. The number of ether oxygens (including phenoxy) is 1. The lowest BCUT2D eigenvalue weighted by Gasteiger charge is -2.17. The molecule has 100 valence electrons. The summed E-state index contributed by atoms with van der Waals surface area (Å²) in [5, 5.41) is 8.94. The van der Waals surface area contributed by atoms with E-state index in [2.05, 4.69) is 4.72 Å². The summed E-state index contributed by atoms with van der Waals surface area (Å²) in [6.07, 6.45) is 2.31. The van der Waals surface area contributed by atoms with Crippen LogP contribution in [0.2, 0.25) is 0 Å². The van der Waals surface area contributed by atoms with Gasteiger partial charge in [0.2, 0.25) is 10.0 Å². The Labute approximate surface area is 101 Å². The first kappa shape index (κ1) is 14.4. The normalized spacial score (nSPS) is 25.0. The second-order valence-corrected chi connectivity index (χ2v) is 6.14. The Morgan fingerprint density at radius 3 is 2.76 bits per heavy atom. The van der Waals surface area contributed by atoms with Crippen molar-refractivity contribution in [2.45, 2.75) is 31.7 Å². The van der Waals surface area contributed by atoms with Gasteiger partial charge >= 0.3 is 5.97 Å². The van der Waals surface area contributed by atoms with E-state index in [0.717, 1.165) is 6.42 Å². The second-order valence-electron chi connectivity index (χ2n) is 4.27. The molecule has 1 aliphatic rings. The van der Waals surface area contributed by atoms with E-state index in [9.17, 15) is 13.2 Å². The molecule has 2 unspecified atom stereocenters. The van der Waals surface area contributed by atoms with E-state index in [-0.39, 0.29) is 5.75 Å². The molecule has 6 nitrogen and oxygen atoms in total. The van der Waals surface area contributed by atoms with Crippen LogP contribution in [0.5, 0.6) is 0 Å². The van der Waals surface area contributed by atoms with Gasteiger partial charge < -0.3 is 9.84 Å². The smallest absolute Gasteiger partial charge is 0.308 e. The minimum atomic E-state index is -3.40. The van der Waals surface area contributed by atoms with E-state index in [1.165, 1.54) is 7.11 Å². The number of carbonyl (C=O) groups is 1. The van der Waals surface area contributed by atoms with Crippen LogP contribution in [0.4, 0.5) is 0 Å². The third kappa shape index (κ3) is 4.61. The molecule has 17 heavy (non-hydrogen) atoms. The number of carboxylic acids is 1.